The topological polar surface area (TPSA) is 85.0 Å². The van der Waals surface area contributed by atoms with Crippen molar-refractivity contribution in [3.63, 3.8) is 0 Å². The third-order valence-electron chi connectivity index (χ3n) is 2.69. The van der Waals surface area contributed by atoms with Crippen molar-refractivity contribution in [2.75, 3.05) is 6.54 Å². The molecule has 0 aliphatic carbocycles. The van der Waals surface area contributed by atoms with E-state index in [0.29, 0.717) is 11.1 Å². The second kappa shape index (κ2) is 5.83. The molecule has 0 N–H and O–H groups in total. The summed E-state index contributed by atoms with van der Waals surface area (Å²) in [5, 5.41) is 17.5. The van der Waals surface area contributed by atoms with Crippen molar-refractivity contribution in [1.29, 1.82) is 10.5 Å². The maximum atomic E-state index is 12.5. The van der Waals surface area contributed by atoms with Gasteiger partial charge in [0, 0.05) is 6.04 Å². The molecule has 6 heteroatoms. The number of nitrogens with zero attached hydrogens (tertiary/aromatic N) is 3. The molecule has 0 saturated carbocycles. The van der Waals surface area contributed by atoms with Gasteiger partial charge in [-0.1, -0.05) is 0 Å². The Hall–Kier alpha value is -1.89. The molecule has 100 valence electrons. The molecule has 1 aromatic carbocycles. The Kier molecular flexibility index (Phi) is 4.66. The first-order chi connectivity index (χ1) is 8.84. The summed E-state index contributed by atoms with van der Waals surface area (Å²) in [6, 6.07) is 7.92. The van der Waals surface area contributed by atoms with Crippen LogP contribution in [0.2, 0.25) is 0 Å². The summed E-state index contributed by atoms with van der Waals surface area (Å²) < 4.78 is 26.1. The van der Waals surface area contributed by atoms with Crippen molar-refractivity contribution < 1.29 is 8.42 Å². The minimum absolute atomic E-state index is 0.135. The van der Waals surface area contributed by atoms with Crippen molar-refractivity contribution >= 4 is 10.0 Å². The lowest BCUT2D eigenvalue weighted by atomic mass is 10.2. The fourth-order valence-electron chi connectivity index (χ4n) is 1.75. The minimum Gasteiger partial charge on any atom is -0.207 e. The number of rotatable bonds is 4. The van der Waals surface area contributed by atoms with E-state index in [1.807, 2.05) is 12.1 Å². The van der Waals surface area contributed by atoms with E-state index >= 15 is 0 Å². The molecule has 1 aromatic rings. The molecule has 0 atom stereocenters. The molecule has 0 aliphatic heterocycles. The summed E-state index contributed by atoms with van der Waals surface area (Å²) in [6.07, 6.45) is 0. The second-order valence-corrected chi connectivity index (χ2v) is 6.25. The van der Waals surface area contributed by atoms with Gasteiger partial charge in [-0.3, -0.25) is 0 Å². The number of nitriles is 2. The SMILES string of the molecule is Cc1cc(C#N)ccc1S(=O)(=O)N(CC#N)C(C)C. The molecular formula is C13H15N3O2S. The van der Waals surface area contributed by atoms with E-state index in [1.54, 1.807) is 20.8 Å². The molecule has 0 spiro atoms. The average molecular weight is 277 g/mol. The van der Waals surface area contributed by atoms with E-state index < -0.39 is 10.0 Å². The fourth-order valence-corrected chi connectivity index (χ4v) is 3.49. The second-order valence-electron chi connectivity index (χ2n) is 4.39. The summed E-state index contributed by atoms with van der Waals surface area (Å²) in [7, 11) is -3.72. The first-order valence-electron chi connectivity index (χ1n) is 5.74. The summed E-state index contributed by atoms with van der Waals surface area (Å²) in [5.74, 6) is 0. The molecule has 5 nitrogen and oxygen atoms in total. The van der Waals surface area contributed by atoms with E-state index in [2.05, 4.69) is 0 Å². The molecule has 1 rings (SSSR count). The molecule has 0 bridgehead atoms. The van der Waals surface area contributed by atoms with Gasteiger partial charge in [-0.15, -0.1) is 0 Å². The molecule has 0 amide bonds. The van der Waals surface area contributed by atoms with Gasteiger partial charge in [-0.25, -0.2) is 8.42 Å². The van der Waals surface area contributed by atoms with Crippen LogP contribution in [-0.4, -0.2) is 25.3 Å². The largest absolute Gasteiger partial charge is 0.244 e. The molecule has 0 radical (unpaired) electrons. The van der Waals surface area contributed by atoms with Crippen LogP contribution in [0.5, 0.6) is 0 Å². The lowest BCUT2D eigenvalue weighted by molar-refractivity contribution is 0.385. The summed E-state index contributed by atoms with van der Waals surface area (Å²) >= 11 is 0. The van der Waals surface area contributed by atoms with Crippen LogP contribution < -0.4 is 0 Å². The van der Waals surface area contributed by atoms with Gasteiger partial charge in [0.2, 0.25) is 10.0 Å². The van der Waals surface area contributed by atoms with Gasteiger partial charge in [0.05, 0.1) is 22.6 Å². The highest BCUT2D eigenvalue weighted by Crippen LogP contribution is 2.22. The van der Waals surface area contributed by atoms with Crippen LogP contribution in [0.25, 0.3) is 0 Å². The summed E-state index contributed by atoms with van der Waals surface area (Å²) in [5.41, 5.74) is 0.912. The highest BCUT2D eigenvalue weighted by Gasteiger charge is 2.28. The lowest BCUT2D eigenvalue weighted by Crippen LogP contribution is -2.37. The number of sulfonamides is 1. The third kappa shape index (κ3) is 3.11. The van der Waals surface area contributed by atoms with E-state index in [0.717, 1.165) is 4.31 Å². The monoisotopic (exact) mass is 277 g/mol. The quantitative estimate of drug-likeness (QED) is 0.785. The molecule has 0 unspecified atom stereocenters. The number of hydrogen-bond acceptors (Lipinski definition) is 4. The predicted octanol–water partition coefficient (Wildman–Crippen LogP) is 1.79. The number of aryl methyl sites for hydroxylation is 1. The third-order valence-corrected chi connectivity index (χ3v) is 4.88. The fraction of sp³-hybridized carbons (Fsp3) is 0.385. The van der Waals surface area contributed by atoms with Gasteiger partial charge in [-0.05, 0) is 44.5 Å². The number of hydrogen-bond donors (Lipinski definition) is 0. The molecular weight excluding hydrogens is 262 g/mol. The first kappa shape index (κ1) is 15.2. The summed E-state index contributed by atoms with van der Waals surface area (Å²) in [6.45, 7) is 4.87. The predicted molar refractivity (Wildman–Crippen MR) is 70.5 cm³/mol. The Morgan fingerprint density at radius 1 is 1.32 bits per heavy atom. The van der Waals surface area contributed by atoms with Crippen LogP contribution in [0.3, 0.4) is 0 Å². The highest BCUT2D eigenvalue weighted by atomic mass is 32.2. The van der Waals surface area contributed by atoms with Crippen molar-refractivity contribution in [2.45, 2.75) is 31.7 Å². The van der Waals surface area contributed by atoms with Gasteiger partial charge in [0.25, 0.3) is 0 Å². The molecule has 0 fully saturated rings. The zero-order valence-electron chi connectivity index (χ0n) is 11.1. The zero-order valence-corrected chi connectivity index (χ0v) is 11.9. The maximum absolute atomic E-state index is 12.5. The Bertz CT molecular complexity index is 651. The van der Waals surface area contributed by atoms with Crippen LogP contribution in [0.15, 0.2) is 23.1 Å². The van der Waals surface area contributed by atoms with E-state index in [1.165, 1.54) is 18.2 Å². The molecule has 0 heterocycles. The maximum Gasteiger partial charge on any atom is 0.244 e. The van der Waals surface area contributed by atoms with Crippen molar-refractivity contribution in [2.24, 2.45) is 0 Å². The van der Waals surface area contributed by atoms with E-state index in [-0.39, 0.29) is 17.5 Å². The van der Waals surface area contributed by atoms with Gasteiger partial charge in [0.1, 0.15) is 6.54 Å². The van der Waals surface area contributed by atoms with Gasteiger partial charge < -0.3 is 0 Å². The smallest absolute Gasteiger partial charge is 0.207 e. The van der Waals surface area contributed by atoms with Crippen LogP contribution in [0.4, 0.5) is 0 Å². The Labute approximate surface area is 113 Å². The van der Waals surface area contributed by atoms with Crippen LogP contribution in [-0.2, 0) is 10.0 Å². The van der Waals surface area contributed by atoms with Gasteiger partial charge in [0.15, 0.2) is 0 Å². The average Bonchev–Trinajstić information content (AvgIpc) is 2.34. The van der Waals surface area contributed by atoms with E-state index in [9.17, 15) is 8.42 Å². The van der Waals surface area contributed by atoms with Crippen molar-refractivity contribution in [3.8, 4) is 12.1 Å². The standard InChI is InChI=1S/C13H15N3O2S/c1-10(2)16(7-6-14)19(17,18)13-5-4-12(9-15)8-11(13)3/h4-5,8,10H,7H2,1-3H3. The molecule has 19 heavy (non-hydrogen) atoms. The molecule has 0 aromatic heterocycles. The minimum atomic E-state index is -3.72. The van der Waals surface area contributed by atoms with Crippen LogP contribution in [0.1, 0.15) is 25.0 Å². The Balaban J connectivity index is 3.35. The lowest BCUT2D eigenvalue weighted by Gasteiger charge is -2.24. The van der Waals surface area contributed by atoms with Gasteiger partial charge in [-0.2, -0.15) is 14.8 Å². The summed E-state index contributed by atoms with van der Waals surface area (Å²) in [4.78, 5) is 0.135. The Morgan fingerprint density at radius 2 is 1.95 bits per heavy atom. The normalized spacial score (nSPS) is 11.3. The van der Waals surface area contributed by atoms with E-state index in [4.69, 9.17) is 10.5 Å². The number of benzene rings is 1. The van der Waals surface area contributed by atoms with Crippen molar-refractivity contribution in [3.05, 3.63) is 29.3 Å². The van der Waals surface area contributed by atoms with Crippen LogP contribution >= 0.6 is 0 Å². The van der Waals surface area contributed by atoms with Crippen molar-refractivity contribution in [1.82, 2.24) is 4.31 Å². The first-order valence-corrected chi connectivity index (χ1v) is 7.18. The van der Waals surface area contributed by atoms with Gasteiger partial charge >= 0.3 is 0 Å². The molecule has 0 saturated heterocycles. The van der Waals surface area contributed by atoms with Crippen LogP contribution in [0, 0.1) is 29.6 Å². The highest BCUT2D eigenvalue weighted by molar-refractivity contribution is 7.89. The zero-order chi connectivity index (χ0) is 14.6. The molecule has 0 aliphatic rings. The Morgan fingerprint density at radius 3 is 2.37 bits per heavy atom.